The lowest BCUT2D eigenvalue weighted by Crippen LogP contribution is -2.39. The van der Waals surface area contributed by atoms with Crippen LogP contribution in [0.1, 0.15) is 41.9 Å². The van der Waals surface area contributed by atoms with Gasteiger partial charge >= 0.3 is 21.3 Å². The van der Waals surface area contributed by atoms with Gasteiger partial charge in [-0.15, -0.1) is 0 Å². The second kappa shape index (κ2) is 14.1. The molecule has 3 aromatic rings. The molecule has 3 aromatic carbocycles. The number of hydrogen-bond acceptors (Lipinski definition) is 4. The quantitative estimate of drug-likeness (QED) is 0.1000. The zero-order chi connectivity index (χ0) is 25.7. The maximum atomic E-state index is 12.6. The third-order valence-electron chi connectivity index (χ3n) is 4.97. The van der Waals surface area contributed by atoms with Crippen molar-refractivity contribution in [2.24, 2.45) is 0 Å². The van der Waals surface area contributed by atoms with Gasteiger partial charge in [0, 0.05) is 11.2 Å². The van der Waals surface area contributed by atoms with Crippen LogP contribution in [0, 0.1) is 0 Å². The molecule has 0 saturated heterocycles. The summed E-state index contributed by atoms with van der Waals surface area (Å²) < 4.78 is 57.5. The second-order valence-electron chi connectivity index (χ2n) is 7.54. The molecule has 0 amide bonds. The number of hydrogen-bond donors (Lipinski definition) is 1. The van der Waals surface area contributed by atoms with Crippen molar-refractivity contribution in [1.82, 2.24) is 0 Å². The Morgan fingerprint density at radius 1 is 0.800 bits per heavy atom. The van der Waals surface area contributed by atoms with E-state index in [1.54, 1.807) is 0 Å². The maximum absolute atomic E-state index is 12.6. The van der Waals surface area contributed by atoms with Gasteiger partial charge < -0.3 is 4.74 Å². The summed E-state index contributed by atoms with van der Waals surface area (Å²) in [6.07, 6.45) is 1.78. The Bertz CT molecular complexity index is 1030. The highest BCUT2D eigenvalue weighted by Crippen LogP contribution is 2.31. The van der Waals surface area contributed by atoms with Crippen LogP contribution in [0.4, 0.5) is 8.78 Å². The molecule has 0 atom stereocenters. The van der Waals surface area contributed by atoms with Gasteiger partial charge in [-0.25, -0.2) is 4.79 Å². The lowest BCUT2D eigenvalue weighted by molar-refractivity contribution is -0.161. The third kappa shape index (κ3) is 8.83. The molecule has 0 radical (unpaired) electrons. The van der Waals surface area contributed by atoms with E-state index in [2.05, 4.69) is 112 Å². The Morgan fingerprint density at radius 2 is 1.20 bits per heavy atom. The number of carbonyl (C=O) groups is 1. The molecule has 1 N–H and O–H groups in total. The van der Waals surface area contributed by atoms with E-state index in [4.69, 9.17) is 4.55 Å². The number of carbonyl (C=O) groups excluding carboxylic acids is 1. The van der Waals surface area contributed by atoms with E-state index in [0.717, 1.165) is 11.8 Å². The topological polar surface area (TPSA) is 80.7 Å². The molecule has 188 valence electrons. The first kappa shape index (κ1) is 28.6. The van der Waals surface area contributed by atoms with E-state index in [1.165, 1.54) is 16.7 Å². The predicted molar refractivity (Wildman–Crippen MR) is 135 cm³/mol. The normalized spacial score (nSPS) is 11.5. The summed E-state index contributed by atoms with van der Waals surface area (Å²) in [4.78, 5) is 10.6. The standard InChI is InChI=1S/C19H16.C7H11BrF2O5S/c1-4-10-16(11-5-1)19(17-12-6-2-7-13-17)18-14-8-3-9-15-18;8-4-2-1-3-5-15-6(11)7(9,10)16(12,13)14/h1-15,19H;1-5H2,(H,12,13,14). The fourth-order valence-corrected chi connectivity index (χ4v) is 3.91. The zero-order valence-electron chi connectivity index (χ0n) is 18.9. The third-order valence-corrected chi connectivity index (χ3v) is 6.35. The van der Waals surface area contributed by atoms with Crippen LogP contribution in [0.25, 0.3) is 0 Å². The summed E-state index contributed by atoms with van der Waals surface area (Å²) in [5.74, 6) is -1.95. The van der Waals surface area contributed by atoms with Crippen molar-refractivity contribution < 1.29 is 31.3 Å². The molecule has 9 heteroatoms. The molecular formula is C26H27BrF2O5S. The van der Waals surface area contributed by atoms with Crippen LogP contribution in [0.3, 0.4) is 0 Å². The van der Waals surface area contributed by atoms with Crippen molar-refractivity contribution in [3.63, 3.8) is 0 Å². The molecule has 0 spiro atoms. The minimum Gasteiger partial charge on any atom is -0.460 e. The Morgan fingerprint density at radius 3 is 1.54 bits per heavy atom. The molecule has 0 aliphatic rings. The van der Waals surface area contributed by atoms with Crippen molar-refractivity contribution in [2.45, 2.75) is 30.4 Å². The molecule has 0 aliphatic heterocycles. The fraction of sp³-hybridized carbons (Fsp3) is 0.269. The highest BCUT2D eigenvalue weighted by atomic mass is 79.9. The van der Waals surface area contributed by atoms with Crippen molar-refractivity contribution in [3.8, 4) is 0 Å². The van der Waals surface area contributed by atoms with Gasteiger partial charge in [0.2, 0.25) is 0 Å². The largest absolute Gasteiger partial charge is 0.465 e. The Labute approximate surface area is 213 Å². The monoisotopic (exact) mass is 568 g/mol. The lowest BCUT2D eigenvalue weighted by atomic mass is 9.85. The van der Waals surface area contributed by atoms with E-state index < -0.39 is 21.3 Å². The molecule has 0 saturated carbocycles. The van der Waals surface area contributed by atoms with Crippen molar-refractivity contribution in [3.05, 3.63) is 108 Å². The summed E-state index contributed by atoms with van der Waals surface area (Å²) in [5, 5.41) is -4.16. The van der Waals surface area contributed by atoms with Crippen LogP contribution in [-0.4, -0.2) is 36.1 Å². The summed E-state index contributed by atoms with van der Waals surface area (Å²) in [6.45, 7) is -0.309. The van der Waals surface area contributed by atoms with Crippen molar-refractivity contribution in [1.29, 1.82) is 0 Å². The number of halogens is 3. The van der Waals surface area contributed by atoms with Gasteiger partial charge in [0.25, 0.3) is 0 Å². The molecule has 0 unspecified atom stereocenters. The van der Waals surface area contributed by atoms with E-state index in [9.17, 15) is 22.0 Å². The minimum absolute atomic E-state index is 0.309. The van der Waals surface area contributed by atoms with Crippen LogP contribution in [0.15, 0.2) is 91.0 Å². The van der Waals surface area contributed by atoms with Gasteiger partial charge in [-0.2, -0.15) is 17.2 Å². The molecule has 0 bridgehead atoms. The first-order valence-electron chi connectivity index (χ1n) is 10.9. The number of rotatable bonds is 10. The number of ether oxygens (including phenoxy) is 1. The van der Waals surface area contributed by atoms with Crippen molar-refractivity contribution in [2.75, 3.05) is 11.9 Å². The molecule has 0 heterocycles. The first-order valence-corrected chi connectivity index (χ1v) is 13.5. The Hall–Kier alpha value is -2.62. The van der Waals surface area contributed by atoms with E-state index >= 15 is 0 Å². The van der Waals surface area contributed by atoms with Gasteiger partial charge in [0.1, 0.15) is 0 Å². The van der Waals surface area contributed by atoms with Gasteiger partial charge in [0.15, 0.2) is 0 Å². The average molecular weight is 569 g/mol. The summed E-state index contributed by atoms with van der Waals surface area (Å²) in [7, 11) is -5.76. The van der Waals surface area contributed by atoms with Gasteiger partial charge in [0.05, 0.1) is 6.61 Å². The molecule has 0 aromatic heterocycles. The number of alkyl halides is 3. The first-order chi connectivity index (χ1) is 16.7. The Balaban J connectivity index is 0.000000252. The van der Waals surface area contributed by atoms with Gasteiger partial charge in [-0.05, 0) is 36.0 Å². The minimum atomic E-state index is -5.76. The van der Waals surface area contributed by atoms with E-state index in [-0.39, 0.29) is 6.61 Å². The van der Waals surface area contributed by atoms with Crippen LogP contribution in [0.2, 0.25) is 0 Å². The highest BCUT2D eigenvalue weighted by Gasteiger charge is 2.54. The van der Waals surface area contributed by atoms with Crippen molar-refractivity contribution >= 4 is 32.0 Å². The number of unbranched alkanes of at least 4 members (excludes halogenated alkanes) is 2. The molecule has 3 rings (SSSR count). The van der Waals surface area contributed by atoms with Crippen LogP contribution >= 0.6 is 15.9 Å². The zero-order valence-corrected chi connectivity index (χ0v) is 21.3. The number of benzene rings is 3. The van der Waals surface area contributed by atoms with Gasteiger partial charge in [-0.3, -0.25) is 4.55 Å². The van der Waals surface area contributed by atoms with Crippen LogP contribution in [-0.2, 0) is 19.6 Å². The van der Waals surface area contributed by atoms with E-state index in [1.807, 2.05) is 0 Å². The van der Waals surface area contributed by atoms with Gasteiger partial charge in [-0.1, -0.05) is 107 Å². The summed E-state index contributed by atoms with van der Waals surface area (Å²) >= 11 is 3.15. The summed E-state index contributed by atoms with van der Waals surface area (Å²) in [5.41, 5.74) is 4.00. The molecule has 35 heavy (non-hydrogen) atoms. The maximum Gasteiger partial charge on any atom is 0.465 e. The molecule has 5 nitrogen and oxygen atoms in total. The SMILES string of the molecule is O=C(OCCCCCBr)C(F)(F)S(=O)(=O)O.c1ccc(C(c2ccccc2)c2ccccc2)cc1. The highest BCUT2D eigenvalue weighted by molar-refractivity contribution is 9.09. The van der Waals surface area contributed by atoms with E-state index in [0.29, 0.717) is 18.8 Å². The second-order valence-corrected chi connectivity index (χ2v) is 9.80. The molecule has 0 aliphatic carbocycles. The fourth-order valence-electron chi connectivity index (χ4n) is 3.24. The molecular weight excluding hydrogens is 542 g/mol. The molecule has 0 fully saturated rings. The van der Waals surface area contributed by atoms with Crippen LogP contribution < -0.4 is 0 Å². The van der Waals surface area contributed by atoms with Crippen LogP contribution in [0.5, 0.6) is 0 Å². The predicted octanol–water partition coefficient (Wildman–Crippen LogP) is 6.44. The lowest BCUT2D eigenvalue weighted by Gasteiger charge is -2.18. The number of esters is 1. The Kier molecular flexibility index (Phi) is 11.5. The smallest absolute Gasteiger partial charge is 0.460 e. The average Bonchev–Trinajstić information content (AvgIpc) is 2.86. The summed E-state index contributed by atoms with van der Waals surface area (Å²) in [6, 6.07) is 32.0.